The first-order valence-electron chi connectivity index (χ1n) is 9.25. The smallest absolute Gasteiger partial charge is 0.123 e. The minimum Gasteiger partial charge on any atom is -0.489 e. The van der Waals surface area contributed by atoms with Crippen LogP contribution < -0.4 is 4.74 Å². The van der Waals surface area contributed by atoms with Crippen LogP contribution in [0.4, 0.5) is 0 Å². The molecule has 2 aromatic rings. The first-order chi connectivity index (χ1) is 11.8. The van der Waals surface area contributed by atoms with Crippen LogP contribution in [0.3, 0.4) is 0 Å². The van der Waals surface area contributed by atoms with E-state index in [0.29, 0.717) is 18.4 Å². The van der Waals surface area contributed by atoms with E-state index in [4.69, 9.17) is 4.74 Å². The van der Waals surface area contributed by atoms with Crippen LogP contribution in [0.25, 0.3) is 0 Å². The van der Waals surface area contributed by atoms with Gasteiger partial charge in [0.05, 0.1) is 0 Å². The molecule has 136 valence electrons. The first-order valence-corrected chi connectivity index (χ1v) is 9.25. The quantitative estimate of drug-likeness (QED) is 0.702. The van der Waals surface area contributed by atoms with Gasteiger partial charge in [-0.05, 0) is 46.4 Å². The molecular weight excluding hydrogens is 308 g/mol. The number of rotatable bonds is 7. The average Bonchev–Trinajstić information content (AvgIpc) is 2.57. The third-order valence-corrected chi connectivity index (χ3v) is 4.72. The standard InChI is InChI=1S/C23H32O2/c1-17(2)20(13-14-24)19-11-12-21(23(3,4)5)22(15-19)25-16-18-9-7-6-8-10-18/h6-12,15,17,20,24H,13-14,16H2,1-5H3/t20-/m0/s1. The van der Waals surface area contributed by atoms with Crippen molar-refractivity contribution in [1.29, 1.82) is 0 Å². The summed E-state index contributed by atoms with van der Waals surface area (Å²) in [5.74, 6) is 1.78. The van der Waals surface area contributed by atoms with E-state index in [2.05, 4.69) is 65.0 Å². The van der Waals surface area contributed by atoms with Gasteiger partial charge >= 0.3 is 0 Å². The van der Waals surface area contributed by atoms with Crippen LogP contribution in [0.1, 0.15) is 63.6 Å². The van der Waals surface area contributed by atoms with Gasteiger partial charge in [0, 0.05) is 6.61 Å². The lowest BCUT2D eigenvalue weighted by atomic mass is 9.81. The lowest BCUT2D eigenvalue weighted by molar-refractivity contribution is 0.260. The second kappa shape index (κ2) is 8.53. The highest BCUT2D eigenvalue weighted by Crippen LogP contribution is 2.37. The fraction of sp³-hybridized carbons (Fsp3) is 0.478. The third kappa shape index (κ3) is 5.34. The topological polar surface area (TPSA) is 29.5 Å². The normalized spacial score (nSPS) is 13.1. The molecule has 1 atom stereocenters. The van der Waals surface area contributed by atoms with Gasteiger partial charge in [-0.3, -0.25) is 0 Å². The second-order valence-corrected chi connectivity index (χ2v) is 8.14. The molecule has 0 spiro atoms. The van der Waals surface area contributed by atoms with Gasteiger partial charge in [-0.25, -0.2) is 0 Å². The summed E-state index contributed by atoms with van der Waals surface area (Å²) in [6, 6.07) is 16.9. The highest BCUT2D eigenvalue weighted by molar-refractivity contribution is 5.43. The van der Waals surface area contributed by atoms with E-state index in [1.807, 2.05) is 18.2 Å². The second-order valence-electron chi connectivity index (χ2n) is 8.14. The number of aliphatic hydroxyl groups is 1. The van der Waals surface area contributed by atoms with Crippen LogP contribution in [-0.4, -0.2) is 11.7 Å². The van der Waals surface area contributed by atoms with Gasteiger partial charge in [0.1, 0.15) is 12.4 Å². The maximum atomic E-state index is 9.42. The van der Waals surface area contributed by atoms with E-state index in [0.717, 1.165) is 12.2 Å². The molecule has 0 aromatic heterocycles. The van der Waals surface area contributed by atoms with Crippen LogP contribution >= 0.6 is 0 Å². The molecule has 2 nitrogen and oxygen atoms in total. The van der Waals surface area contributed by atoms with E-state index in [9.17, 15) is 5.11 Å². The van der Waals surface area contributed by atoms with Crippen molar-refractivity contribution < 1.29 is 9.84 Å². The van der Waals surface area contributed by atoms with Crippen molar-refractivity contribution in [2.75, 3.05) is 6.61 Å². The lowest BCUT2D eigenvalue weighted by Crippen LogP contribution is -2.15. The number of aliphatic hydroxyl groups excluding tert-OH is 1. The molecule has 0 radical (unpaired) electrons. The Hall–Kier alpha value is -1.80. The Bertz CT molecular complexity index is 654. The Kier molecular flexibility index (Phi) is 6.66. The fourth-order valence-corrected chi connectivity index (χ4v) is 3.27. The first kappa shape index (κ1) is 19.5. The van der Waals surface area contributed by atoms with Crippen molar-refractivity contribution >= 4 is 0 Å². The highest BCUT2D eigenvalue weighted by atomic mass is 16.5. The molecule has 0 saturated heterocycles. The summed E-state index contributed by atoms with van der Waals surface area (Å²) in [6.07, 6.45) is 0.782. The Morgan fingerprint density at radius 1 is 1.00 bits per heavy atom. The summed E-state index contributed by atoms with van der Waals surface area (Å²) in [6.45, 7) is 11.8. The minimum absolute atomic E-state index is 0.0227. The Labute approximate surface area is 152 Å². The van der Waals surface area contributed by atoms with Crippen LogP contribution in [0.15, 0.2) is 48.5 Å². The maximum absolute atomic E-state index is 9.42. The summed E-state index contributed by atoms with van der Waals surface area (Å²) in [7, 11) is 0. The fourth-order valence-electron chi connectivity index (χ4n) is 3.27. The van der Waals surface area contributed by atoms with Gasteiger partial charge in [0.2, 0.25) is 0 Å². The van der Waals surface area contributed by atoms with Crippen molar-refractivity contribution in [1.82, 2.24) is 0 Å². The molecule has 0 amide bonds. The molecular formula is C23H32O2. The van der Waals surface area contributed by atoms with Gasteiger partial charge in [-0.1, -0.05) is 77.1 Å². The van der Waals surface area contributed by atoms with E-state index < -0.39 is 0 Å². The number of ether oxygens (including phenoxy) is 1. The molecule has 2 rings (SSSR count). The van der Waals surface area contributed by atoms with Crippen LogP contribution in [0.5, 0.6) is 5.75 Å². The maximum Gasteiger partial charge on any atom is 0.123 e. The van der Waals surface area contributed by atoms with E-state index in [-0.39, 0.29) is 12.0 Å². The molecule has 0 heterocycles. The molecule has 0 fully saturated rings. The van der Waals surface area contributed by atoms with Gasteiger partial charge < -0.3 is 9.84 Å². The summed E-state index contributed by atoms with van der Waals surface area (Å²) in [4.78, 5) is 0. The van der Waals surface area contributed by atoms with Gasteiger partial charge in [-0.2, -0.15) is 0 Å². The van der Waals surface area contributed by atoms with Crippen LogP contribution in [0.2, 0.25) is 0 Å². The largest absolute Gasteiger partial charge is 0.489 e. The molecule has 0 bridgehead atoms. The van der Waals surface area contributed by atoms with Crippen molar-refractivity contribution in [3.05, 3.63) is 65.2 Å². The van der Waals surface area contributed by atoms with E-state index in [1.165, 1.54) is 16.7 Å². The van der Waals surface area contributed by atoms with Gasteiger partial charge in [0.15, 0.2) is 0 Å². The van der Waals surface area contributed by atoms with Crippen molar-refractivity contribution in [2.24, 2.45) is 5.92 Å². The summed E-state index contributed by atoms with van der Waals surface area (Å²) >= 11 is 0. The van der Waals surface area contributed by atoms with Crippen LogP contribution in [-0.2, 0) is 12.0 Å². The third-order valence-electron chi connectivity index (χ3n) is 4.72. The average molecular weight is 341 g/mol. The Morgan fingerprint density at radius 3 is 2.24 bits per heavy atom. The molecule has 2 aromatic carbocycles. The number of hydrogen-bond donors (Lipinski definition) is 1. The molecule has 2 heteroatoms. The summed E-state index contributed by atoms with van der Waals surface area (Å²) < 4.78 is 6.24. The van der Waals surface area contributed by atoms with Crippen molar-refractivity contribution in [3.63, 3.8) is 0 Å². The lowest BCUT2D eigenvalue weighted by Gasteiger charge is -2.26. The monoisotopic (exact) mass is 340 g/mol. The predicted molar refractivity (Wildman–Crippen MR) is 105 cm³/mol. The zero-order valence-corrected chi connectivity index (χ0v) is 16.3. The molecule has 1 N–H and O–H groups in total. The zero-order chi connectivity index (χ0) is 18.4. The molecule has 0 aliphatic carbocycles. The van der Waals surface area contributed by atoms with E-state index >= 15 is 0 Å². The predicted octanol–water partition coefficient (Wildman–Crippen LogP) is 5.69. The molecule has 0 aliphatic rings. The molecule has 0 aliphatic heterocycles. The highest BCUT2D eigenvalue weighted by Gasteiger charge is 2.22. The van der Waals surface area contributed by atoms with Gasteiger partial charge in [-0.15, -0.1) is 0 Å². The molecule has 0 unspecified atom stereocenters. The van der Waals surface area contributed by atoms with Crippen LogP contribution in [0, 0.1) is 5.92 Å². The Balaban J connectivity index is 2.33. The van der Waals surface area contributed by atoms with Gasteiger partial charge in [0.25, 0.3) is 0 Å². The molecule has 25 heavy (non-hydrogen) atoms. The number of benzene rings is 2. The number of hydrogen-bond acceptors (Lipinski definition) is 2. The Morgan fingerprint density at radius 2 is 1.68 bits per heavy atom. The molecule has 0 saturated carbocycles. The minimum atomic E-state index is 0.0227. The summed E-state index contributed by atoms with van der Waals surface area (Å²) in [5, 5.41) is 9.42. The summed E-state index contributed by atoms with van der Waals surface area (Å²) in [5.41, 5.74) is 3.66. The van der Waals surface area contributed by atoms with E-state index in [1.54, 1.807) is 0 Å². The van der Waals surface area contributed by atoms with Crippen molar-refractivity contribution in [2.45, 2.75) is 59.0 Å². The SMILES string of the molecule is CC(C)[C@H](CCO)c1ccc(C(C)(C)C)c(OCc2ccccc2)c1. The zero-order valence-electron chi connectivity index (χ0n) is 16.3. The van der Waals surface area contributed by atoms with Crippen molar-refractivity contribution in [3.8, 4) is 5.75 Å².